The molecule has 0 aliphatic heterocycles. The lowest BCUT2D eigenvalue weighted by Crippen LogP contribution is -2.43. The standard InChI is InChI=1S/C12H19N5O2S/c1-6(10(18)14-2)15-11(19)8-9(13)17-12(20-8)16-7-4-3-5-7/h6-7H,3-5,13H2,1-2H3,(H,14,18)(H,15,19)(H,16,17). The number of nitrogens with zero attached hydrogens (tertiary/aromatic N) is 1. The van der Waals surface area contributed by atoms with E-state index in [1.54, 1.807) is 6.92 Å². The molecule has 1 aliphatic carbocycles. The van der Waals surface area contributed by atoms with Crippen LogP contribution in [0.2, 0.25) is 0 Å². The Morgan fingerprint density at radius 2 is 2.15 bits per heavy atom. The van der Waals surface area contributed by atoms with E-state index in [1.807, 2.05) is 0 Å². The van der Waals surface area contributed by atoms with Crippen LogP contribution >= 0.6 is 11.3 Å². The van der Waals surface area contributed by atoms with Gasteiger partial charge in [0.25, 0.3) is 5.91 Å². The molecule has 0 radical (unpaired) electrons. The highest BCUT2D eigenvalue weighted by atomic mass is 32.1. The molecule has 0 bridgehead atoms. The smallest absolute Gasteiger partial charge is 0.265 e. The van der Waals surface area contributed by atoms with Gasteiger partial charge in [0.1, 0.15) is 16.7 Å². The van der Waals surface area contributed by atoms with Crippen LogP contribution in [0.15, 0.2) is 0 Å². The fourth-order valence-electron chi connectivity index (χ4n) is 1.83. The van der Waals surface area contributed by atoms with Crippen LogP contribution in [-0.2, 0) is 4.79 Å². The summed E-state index contributed by atoms with van der Waals surface area (Å²) in [7, 11) is 1.52. The maximum atomic E-state index is 12.1. The molecule has 2 rings (SSSR count). The Labute approximate surface area is 121 Å². The summed E-state index contributed by atoms with van der Waals surface area (Å²) in [5.41, 5.74) is 5.76. The average molecular weight is 297 g/mol. The second-order valence-electron chi connectivity index (χ2n) is 4.81. The molecule has 1 atom stereocenters. The third-order valence-corrected chi connectivity index (χ3v) is 4.28. The van der Waals surface area contributed by atoms with Crippen molar-refractivity contribution in [1.82, 2.24) is 15.6 Å². The Bertz CT molecular complexity index is 512. The number of hydrogen-bond donors (Lipinski definition) is 4. The molecular formula is C12H19N5O2S. The number of thiazole rings is 1. The van der Waals surface area contributed by atoms with Gasteiger partial charge in [-0.25, -0.2) is 4.98 Å². The summed E-state index contributed by atoms with van der Waals surface area (Å²) in [6.45, 7) is 1.61. The normalized spacial score (nSPS) is 16.1. The zero-order valence-corrected chi connectivity index (χ0v) is 12.3. The molecule has 20 heavy (non-hydrogen) atoms. The second kappa shape index (κ2) is 6.08. The molecule has 1 aromatic rings. The van der Waals surface area contributed by atoms with Crippen molar-refractivity contribution in [3.8, 4) is 0 Å². The van der Waals surface area contributed by atoms with Crippen LogP contribution in [-0.4, -0.2) is 35.9 Å². The lowest BCUT2D eigenvalue weighted by Gasteiger charge is -2.25. The number of hydrogen-bond acceptors (Lipinski definition) is 6. The molecule has 0 saturated heterocycles. The predicted octanol–water partition coefficient (Wildman–Crippen LogP) is 0.554. The van der Waals surface area contributed by atoms with Crippen LogP contribution in [0.25, 0.3) is 0 Å². The van der Waals surface area contributed by atoms with Crippen LogP contribution in [0.1, 0.15) is 35.9 Å². The average Bonchev–Trinajstić information content (AvgIpc) is 2.74. The van der Waals surface area contributed by atoms with Crippen molar-refractivity contribution in [2.45, 2.75) is 38.3 Å². The fraction of sp³-hybridized carbons (Fsp3) is 0.583. The highest BCUT2D eigenvalue weighted by Crippen LogP contribution is 2.29. The van der Waals surface area contributed by atoms with Crippen molar-refractivity contribution in [2.24, 2.45) is 0 Å². The number of nitrogen functional groups attached to an aromatic ring is 1. The summed E-state index contributed by atoms with van der Waals surface area (Å²) < 4.78 is 0. The Hall–Kier alpha value is -1.83. The van der Waals surface area contributed by atoms with E-state index in [1.165, 1.54) is 24.8 Å². The zero-order valence-electron chi connectivity index (χ0n) is 11.5. The van der Waals surface area contributed by atoms with Gasteiger partial charge in [-0.1, -0.05) is 11.3 Å². The number of nitrogens with one attached hydrogen (secondary N) is 3. The third-order valence-electron chi connectivity index (χ3n) is 3.28. The highest BCUT2D eigenvalue weighted by molar-refractivity contribution is 7.18. The lowest BCUT2D eigenvalue weighted by molar-refractivity contribution is -0.122. The topological polar surface area (TPSA) is 109 Å². The molecule has 1 aliphatic rings. The maximum absolute atomic E-state index is 12.1. The zero-order chi connectivity index (χ0) is 14.7. The van der Waals surface area contributed by atoms with Gasteiger partial charge in [0.05, 0.1) is 0 Å². The Morgan fingerprint density at radius 1 is 1.45 bits per heavy atom. The molecule has 0 aromatic carbocycles. The molecular weight excluding hydrogens is 278 g/mol. The SMILES string of the molecule is CNC(=O)C(C)NC(=O)c1sc(NC2CCC2)nc1N. The first-order valence-electron chi connectivity index (χ1n) is 6.56. The minimum atomic E-state index is -0.614. The molecule has 7 nitrogen and oxygen atoms in total. The quantitative estimate of drug-likeness (QED) is 0.635. The van der Waals surface area contributed by atoms with Crippen LogP contribution in [0, 0.1) is 0 Å². The van der Waals surface area contributed by atoms with Gasteiger partial charge in [-0.15, -0.1) is 0 Å². The van der Waals surface area contributed by atoms with Crippen molar-refractivity contribution in [2.75, 3.05) is 18.1 Å². The molecule has 110 valence electrons. The summed E-state index contributed by atoms with van der Waals surface area (Å²) in [6.07, 6.45) is 3.46. The van der Waals surface area contributed by atoms with Crippen LogP contribution in [0.3, 0.4) is 0 Å². The monoisotopic (exact) mass is 297 g/mol. The number of aromatic nitrogens is 1. The summed E-state index contributed by atoms with van der Waals surface area (Å²) in [5, 5.41) is 8.97. The van der Waals surface area contributed by atoms with Crippen LogP contribution in [0.4, 0.5) is 10.9 Å². The first-order valence-corrected chi connectivity index (χ1v) is 7.38. The molecule has 8 heteroatoms. The molecule has 0 spiro atoms. The first kappa shape index (κ1) is 14.6. The third kappa shape index (κ3) is 3.19. The second-order valence-corrected chi connectivity index (χ2v) is 5.81. The highest BCUT2D eigenvalue weighted by Gasteiger charge is 2.23. The molecule has 1 aromatic heterocycles. The van der Waals surface area contributed by atoms with E-state index in [-0.39, 0.29) is 17.6 Å². The summed E-state index contributed by atoms with van der Waals surface area (Å²) in [4.78, 5) is 27.9. The largest absolute Gasteiger partial charge is 0.382 e. The number of carbonyl (C=O) groups is 2. The number of likely N-dealkylation sites (N-methyl/N-ethyl adjacent to an activating group) is 1. The van der Waals surface area contributed by atoms with Gasteiger partial charge in [0, 0.05) is 13.1 Å². The molecule has 1 saturated carbocycles. The Balaban J connectivity index is 2.00. The molecule has 5 N–H and O–H groups in total. The Morgan fingerprint density at radius 3 is 2.70 bits per heavy atom. The van der Waals surface area contributed by atoms with Crippen LogP contribution < -0.4 is 21.7 Å². The molecule has 1 heterocycles. The molecule has 2 amide bonds. The fourth-order valence-corrected chi connectivity index (χ4v) is 2.69. The lowest BCUT2D eigenvalue weighted by atomic mass is 9.93. The van der Waals surface area contributed by atoms with Crippen molar-refractivity contribution in [3.05, 3.63) is 4.88 Å². The van der Waals surface area contributed by atoms with Gasteiger partial charge in [0.2, 0.25) is 5.91 Å². The van der Waals surface area contributed by atoms with E-state index in [9.17, 15) is 9.59 Å². The maximum Gasteiger partial charge on any atom is 0.265 e. The number of anilines is 2. The van der Waals surface area contributed by atoms with Gasteiger partial charge in [-0.2, -0.15) is 0 Å². The Kier molecular flexibility index (Phi) is 4.43. The number of nitrogens with two attached hydrogens (primary N) is 1. The summed E-state index contributed by atoms with van der Waals surface area (Å²) >= 11 is 1.22. The van der Waals surface area contributed by atoms with Crippen LogP contribution in [0.5, 0.6) is 0 Å². The van der Waals surface area contributed by atoms with Gasteiger partial charge in [-0.3, -0.25) is 9.59 Å². The van der Waals surface area contributed by atoms with Crippen molar-refractivity contribution in [3.63, 3.8) is 0 Å². The van der Waals surface area contributed by atoms with Crippen molar-refractivity contribution >= 4 is 34.1 Å². The molecule has 1 unspecified atom stereocenters. The van der Waals surface area contributed by atoms with E-state index in [0.29, 0.717) is 16.1 Å². The van der Waals surface area contributed by atoms with Gasteiger partial charge in [-0.05, 0) is 26.2 Å². The van der Waals surface area contributed by atoms with Gasteiger partial charge < -0.3 is 21.7 Å². The minimum absolute atomic E-state index is 0.193. The van der Waals surface area contributed by atoms with E-state index in [0.717, 1.165) is 12.8 Å². The predicted molar refractivity (Wildman–Crippen MR) is 78.8 cm³/mol. The summed E-state index contributed by atoms with van der Waals surface area (Å²) in [6, 6.07) is -0.182. The first-order chi connectivity index (χ1) is 9.51. The van der Waals surface area contributed by atoms with Gasteiger partial charge in [0.15, 0.2) is 5.13 Å². The van der Waals surface area contributed by atoms with E-state index in [4.69, 9.17) is 5.73 Å². The minimum Gasteiger partial charge on any atom is -0.382 e. The van der Waals surface area contributed by atoms with E-state index >= 15 is 0 Å². The molecule has 1 fully saturated rings. The van der Waals surface area contributed by atoms with E-state index < -0.39 is 6.04 Å². The summed E-state index contributed by atoms with van der Waals surface area (Å²) in [5.74, 6) is -0.439. The van der Waals surface area contributed by atoms with E-state index in [2.05, 4.69) is 20.9 Å². The van der Waals surface area contributed by atoms with Crippen molar-refractivity contribution < 1.29 is 9.59 Å². The number of carbonyl (C=O) groups excluding carboxylic acids is 2. The van der Waals surface area contributed by atoms with Gasteiger partial charge >= 0.3 is 0 Å². The van der Waals surface area contributed by atoms with Crippen molar-refractivity contribution in [1.29, 1.82) is 0 Å². The number of amides is 2. The number of rotatable bonds is 5.